The Balaban J connectivity index is 1.78. The molecule has 2 heterocycles. The smallest absolute Gasteiger partial charge is 0.251 e. The van der Waals surface area contributed by atoms with E-state index < -0.39 is 23.0 Å². The maximum absolute atomic E-state index is 13.1. The number of hydrogen-bond donors (Lipinski definition) is 1. The van der Waals surface area contributed by atoms with Gasteiger partial charge in [0.1, 0.15) is 5.60 Å². The molecule has 3 atom stereocenters. The van der Waals surface area contributed by atoms with Crippen molar-refractivity contribution >= 4 is 0 Å². The Labute approximate surface area is 106 Å². The van der Waals surface area contributed by atoms with E-state index in [-0.39, 0.29) is 12.5 Å². The van der Waals surface area contributed by atoms with E-state index in [2.05, 4.69) is 5.32 Å². The zero-order valence-electron chi connectivity index (χ0n) is 11.0. The molecule has 3 unspecified atom stereocenters. The summed E-state index contributed by atoms with van der Waals surface area (Å²) in [5.41, 5.74) is -0.848. The van der Waals surface area contributed by atoms with Gasteiger partial charge >= 0.3 is 0 Å². The SMILES string of the molecule is CC1(C)OCCC12OCCNC2CC1CC1(F)F. The predicted octanol–water partition coefficient (Wildman–Crippen LogP) is 1.96. The minimum atomic E-state index is -2.45. The predicted molar refractivity (Wildman–Crippen MR) is 62.8 cm³/mol. The largest absolute Gasteiger partial charge is 0.372 e. The van der Waals surface area contributed by atoms with Gasteiger partial charge in [-0.25, -0.2) is 8.78 Å². The molecule has 3 rings (SSSR count). The van der Waals surface area contributed by atoms with E-state index in [4.69, 9.17) is 9.47 Å². The van der Waals surface area contributed by atoms with Crippen LogP contribution in [0.4, 0.5) is 8.78 Å². The number of ether oxygens (including phenoxy) is 2. The number of hydrogen-bond acceptors (Lipinski definition) is 3. The van der Waals surface area contributed by atoms with Gasteiger partial charge in [0, 0.05) is 31.3 Å². The summed E-state index contributed by atoms with van der Waals surface area (Å²) in [6.45, 7) is 6.02. The van der Waals surface area contributed by atoms with Crippen molar-refractivity contribution < 1.29 is 18.3 Å². The number of alkyl halides is 2. The van der Waals surface area contributed by atoms with E-state index in [1.807, 2.05) is 13.8 Å². The molecular formula is C13H21F2NO2. The third-order valence-electron chi connectivity index (χ3n) is 4.85. The van der Waals surface area contributed by atoms with Crippen molar-refractivity contribution in [2.75, 3.05) is 19.8 Å². The second-order valence-electron chi connectivity index (χ2n) is 6.25. The van der Waals surface area contributed by atoms with E-state index in [0.717, 1.165) is 13.0 Å². The summed E-state index contributed by atoms with van der Waals surface area (Å²) >= 11 is 0. The van der Waals surface area contributed by atoms with Crippen LogP contribution in [0.2, 0.25) is 0 Å². The van der Waals surface area contributed by atoms with Gasteiger partial charge in [0.2, 0.25) is 0 Å². The molecule has 5 heteroatoms. The van der Waals surface area contributed by atoms with Gasteiger partial charge in [-0.3, -0.25) is 0 Å². The quantitative estimate of drug-likeness (QED) is 0.824. The van der Waals surface area contributed by atoms with Crippen LogP contribution in [0.3, 0.4) is 0 Å². The Morgan fingerprint density at radius 1 is 1.22 bits per heavy atom. The van der Waals surface area contributed by atoms with Gasteiger partial charge in [-0.1, -0.05) is 0 Å². The summed E-state index contributed by atoms with van der Waals surface area (Å²) < 4.78 is 38.0. The van der Waals surface area contributed by atoms with E-state index in [1.165, 1.54) is 0 Å². The lowest BCUT2D eigenvalue weighted by Gasteiger charge is -2.48. The van der Waals surface area contributed by atoms with Gasteiger partial charge in [0.25, 0.3) is 5.92 Å². The molecule has 0 aromatic carbocycles. The van der Waals surface area contributed by atoms with Crippen molar-refractivity contribution in [1.82, 2.24) is 5.32 Å². The van der Waals surface area contributed by atoms with Crippen LogP contribution in [0.15, 0.2) is 0 Å². The number of halogens is 2. The maximum atomic E-state index is 13.1. The molecule has 2 saturated heterocycles. The lowest BCUT2D eigenvalue weighted by molar-refractivity contribution is -0.173. The Morgan fingerprint density at radius 3 is 2.50 bits per heavy atom. The fraction of sp³-hybridized carbons (Fsp3) is 1.00. The molecule has 1 saturated carbocycles. The highest BCUT2D eigenvalue weighted by Crippen LogP contribution is 2.54. The first kappa shape index (κ1) is 12.8. The second-order valence-corrected chi connectivity index (χ2v) is 6.25. The summed E-state index contributed by atoms with van der Waals surface area (Å²) in [5.74, 6) is -2.94. The minimum absolute atomic E-state index is 0.0258. The lowest BCUT2D eigenvalue weighted by Crippen LogP contribution is -2.65. The van der Waals surface area contributed by atoms with Gasteiger partial charge in [-0.05, 0) is 20.3 Å². The van der Waals surface area contributed by atoms with Crippen LogP contribution in [0.1, 0.15) is 33.1 Å². The highest BCUT2D eigenvalue weighted by Gasteiger charge is 2.62. The zero-order valence-corrected chi connectivity index (χ0v) is 11.0. The molecule has 104 valence electrons. The first-order valence-electron chi connectivity index (χ1n) is 6.76. The minimum Gasteiger partial charge on any atom is -0.372 e. The third kappa shape index (κ3) is 1.79. The number of rotatable bonds is 2. The molecule has 2 aliphatic heterocycles. The molecule has 0 amide bonds. The summed E-state index contributed by atoms with van der Waals surface area (Å²) in [4.78, 5) is 0. The van der Waals surface area contributed by atoms with Gasteiger partial charge in [-0.2, -0.15) is 0 Å². The van der Waals surface area contributed by atoms with Crippen LogP contribution < -0.4 is 5.32 Å². The van der Waals surface area contributed by atoms with Gasteiger partial charge in [0.15, 0.2) is 0 Å². The first-order valence-corrected chi connectivity index (χ1v) is 6.76. The van der Waals surface area contributed by atoms with Crippen molar-refractivity contribution in [2.24, 2.45) is 5.92 Å². The fourth-order valence-corrected chi connectivity index (χ4v) is 3.54. The van der Waals surface area contributed by atoms with E-state index in [9.17, 15) is 8.78 Å². The molecule has 0 aromatic rings. The summed E-state index contributed by atoms with van der Waals surface area (Å²) in [7, 11) is 0. The zero-order chi connectivity index (χ0) is 13.0. The molecule has 3 aliphatic rings. The standard InChI is InChI=1S/C13H21F2NO2/c1-11(2)12(3-5-17-11)10(16-4-6-18-12)7-9-8-13(9,14)15/h9-10,16H,3-8H2,1-2H3. The molecule has 1 aliphatic carbocycles. The fourth-order valence-electron chi connectivity index (χ4n) is 3.54. The maximum Gasteiger partial charge on any atom is 0.251 e. The van der Waals surface area contributed by atoms with Crippen LogP contribution in [-0.2, 0) is 9.47 Å². The highest BCUT2D eigenvalue weighted by molar-refractivity contribution is 5.12. The van der Waals surface area contributed by atoms with E-state index >= 15 is 0 Å². The van der Waals surface area contributed by atoms with Crippen molar-refractivity contribution in [3.63, 3.8) is 0 Å². The Morgan fingerprint density at radius 2 is 1.94 bits per heavy atom. The van der Waals surface area contributed by atoms with Gasteiger partial charge in [0.05, 0.1) is 18.8 Å². The van der Waals surface area contributed by atoms with E-state index in [0.29, 0.717) is 19.6 Å². The molecule has 0 aromatic heterocycles. The monoisotopic (exact) mass is 261 g/mol. The molecule has 0 bridgehead atoms. The molecule has 3 fully saturated rings. The molecule has 0 radical (unpaired) electrons. The molecular weight excluding hydrogens is 240 g/mol. The van der Waals surface area contributed by atoms with Gasteiger partial charge in [-0.15, -0.1) is 0 Å². The molecule has 3 nitrogen and oxygen atoms in total. The average Bonchev–Trinajstić information content (AvgIpc) is 2.76. The van der Waals surface area contributed by atoms with Crippen LogP contribution in [0.5, 0.6) is 0 Å². The Hall–Kier alpha value is -0.260. The van der Waals surface area contributed by atoms with Crippen molar-refractivity contribution in [1.29, 1.82) is 0 Å². The summed E-state index contributed by atoms with van der Waals surface area (Å²) in [6.07, 6.45) is 1.30. The second kappa shape index (κ2) is 3.87. The van der Waals surface area contributed by atoms with E-state index in [1.54, 1.807) is 0 Å². The molecule has 18 heavy (non-hydrogen) atoms. The lowest BCUT2D eigenvalue weighted by atomic mass is 9.76. The average molecular weight is 261 g/mol. The van der Waals surface area contributed by atoms with Crippen LogP contribution >= 0.6 is 0 Å². The number of nitrogens with one attached hydrogen (secondary N) is 1. The summed E-state index contributed by atoms with van der Waals surface area (Å²) in [5, 5.41) is 3.38. The highest BCUT2D eigenvalue weighted by atomic mass is 19.3. The third-order valence-corrected chi connectivity index (χ3v) is 4.85. The van der Waals surface area contributed by atoms with Crippen LogP contribution in [-0.4, -0.2) is 42.9 Å². The number of morpholine rings is 1. The van der Waals surface area contributed by atoms with Crippen molar-refractivity contribution in [2.45, 2.75) is 56.3 Å². The first-order chi connectivity index (χ1) is 8.37. The normalized spacial score (nSPS) is 45.3. The van der Waals surface area contributed by atoms with Crippen molar-refractivity contribution in [3.8, 4) is 0 Å². The van der Waals surface area contributed by atoms with Crippen molar-refractivity contribution in [3.05, 3.63) is 0 Å². The Kier molecular flexibility index (Phi) is 2.74. The topological polar surface area (TPSA) is 30.5 Å². The molecule has 1 N–H and O–H groups in total. The van der Waals surface area contributed by atoms with Gasteiger partial charge < -0.3 is 14.8 Å². The molecule has 1 spiro atoms. The summed E-state index contributed by atoms with van der Waals surface area (Å²) in [6, 6.07) is -0.0258. The van der Waals surface area contributed by atoms with Crippen LogP contribution in [0.25, 0.3) is 0 Å². The Bertz CT molecular complexity index is 348. The van der Waals surface area contributed by atoms with Crippen LogP contribution in [0, 0.1) is 5.92 Å².